The van der Waals surface area contributed by atoms with Crippen LogP contribution in [-0.4, -0.2) is 35.1 Å². The molecule has 0 aromatic rings. The molecule has 1 saturated carbocycles. The van der Waals surface area contributed by atoms with Crippen molar-refractivity contribution in [3.8, 4) is 0 Å². The summed E-state index contributed by atoms with van der Waals surface area (Å²) in [5.74, 6) is 0.488. The van der Waals surface area contributed by atoms with Crippen LogP contribution in [0.1, 0.15) is 38.5 Å². The summed E-state index contributed by atoms with van der Waals surface area (Å²) in [4.78, 5) is 14.3. The van der Waals surface area contributed by atoms with Crippen molar-refractivity contribution >= 4 is 5.91 Å². The first-order valence-electron chi connectivity index (χ1n) is 6.39. The summed E-state index contributed by atoms with van der Waals surface area (Å²) >= 11 is 0. The van der Waals surface area contributed by atoms with Gasteiger partial charge in [0.1, 0.15) is 0 Å². The average molecular weight is 223 g/mol. The smallest absolute Gasteiger partial charge is 0.226 e. The first kappa shape index (κ1) is 11.6. The molecule has 2 aliphatic rings. The minimum absolute atomic E-state index is 0.180. The van der Waals surface area contributed by atoms with Crippen molar-refractivity contribution < 1.29 is 9.90 Å². The van der Waals surface area contributed by atoms with Crippen LogP contribution in [0.2, 0.25) is 0 Å². The number of allylic oxidation sites excluding steroid dienone is 2. The van der Waals surface area contributed by atoms with E-state index in [4.69, 9.17) is 5.11 Å². The number of carbonyl (C=O) groups excluding carboxylic acids is 1. The Kier molecular flexibility index (Phi) is 3.99. The lowest BCUT2D eigenvalue weighted by molar-refractivity contribution is -0.139. The van der Waals surface area contributed by atoms with Gasteiger partial charge in [-0.3, -0.25) is 4.79 Å². The van der Waals surface area contributed by atoms with Gasteiger partial charge >= 0.3 is 0 Å². The van der Waals surface area contributed by atoms with Crippen molar-refractivity contribution in [2.24, 2.45) is 5.92 Å². The van der Waals surface area contributed by atoms with Crippen LogP contribution in [0.3, 0.4) is 0 Å². The Morgan fingerprint density at radius 2 is 2.00 bits per heavy atom. The fraction of sp³-hybridized carbons (Fsp3) is 0.769. The van der Waals surface area contributed by atoms with Crippen LogP contribution in [0.25, 0.3) is 0 Å². The van der Waals surface area contributed by atoms with E-state index in [0.29, 0.717) is 18.4 Å². The lowest BCUT2D eigenvalue weighted by atomic mass is 9.90. The number of rotatable bonds is 5. The first-order chi connectivity index (χ1) is 7.83. The number of aliphatic hydroxyl groups is 1. The Labute approximate surface area is 97.1 Å². The molecule has 3 nitrogen and oxygen atoms in total. The summed E-state index contributed by atoms with van der Waals surface area (Å²) in [7, 11) is 0. The van der Waals surface area contributed by atoms with Crippen molar-refractivity contribution in [3.05, 3.63) is 12.2 Å². The van der Waals surface area contributed by atoms with Crippen molar-refractivity contribution in [2.75, 3.05) is 13.2 Å². The molecule has 16 heavy (non-hydrogen) atoms. The predicted molar refractivity (Wildman–Crippen MR) is 62.9 cm³/mol. The van der Waals surface area contributed by atoms with E-state index in [1.54, 1.807) is 0 Å². The van der Waals surface area contributed by atoms with Crippen LogP contribution < -0.4 is 0 Å². The van der Waals surface area contributed by atoms with Crippen LogP contribution in [0.4, 0.5) is 0 Å². The fourth-order valence-corrected chi connectivity index (χ4v) is 2.47. The van der Waals surface area contributed by atoms with E-state index in [1.807, 2.05) is 4.90 Å². The standard InChI is InChI=1S/C13H21NO2/c15-10-4-9-14(12-7-3-8-12)13(16)11-5-1-2-6-11/h1-2,11-12,15H,3-10H2. The molecule has 1 amide bonds. The molecule has 0 bridgehead atoms. The molecule has 0 aromatic heterocycles. The van der Waals surface area contributed by atoms with E-state index in [-0.39, 0.29) is 12.5 Å². The Bertz CT molecular complexity index is 263. The summed E-state index contributed by atoms with van der Waals surface area (Å²) in [6.07, 6.45) is 10.3. The highest BCUT2D eigenvalue weighted by atomic mass is 16.3. The summed E-state index contributed by atoms with van der Waals surface area (Å²) in [6.45, 7) is 0.913. The third-order valence-corrected chi connectivity index (χ3v) is 3.71. The Morgan fingerprint density at radius 3 is 2.50 bits per heavy atom. The number of hydrogen-bond acceptors (Lipinski definition) is 2. The SMILES string of the molecule is O=C(C1CC=CC1)N(CCCO)C1CCC1. The molecular weight excluding hydrogens is 202 g/mol. The molecule has 90 valence electrons. The number of amides is 1. The highest BCUT2D eigenvalue weighted by Gasteiger charge is 2.32. The minimum Gasteiger partial charge on any atom is -0.396 e. The van der Waals surface area contributed by atoms with E-state index in [0.717, 1.165) is 32.2 Å². The lowest BCUT2D eigenvalue weighted by Gasteiger charge is -2.39. The van der Waals surface area contributed by atoms with Gasteiger partial charge in [-0.2, -0.15) is 0 Å². The van der Waals surface area contributed by atoms with Gasteiger partial charge in [-0.15, -0.1) is 0 Å². The van der Waals surface area contributed by atoms with Crippen LogP contribution >= 0.6 is 0 Å². The largest absolute Gasteiger partial charge is 0.396 e. The molecule has 0 saturated heterocycles. The zero-order chi connectivity index (χ0) is 11.4. The normalized spacial score (nSPS) is 21.1. The predicted octanol–water partition coefficient (Wildman–Crippen LogP) is 1.72. The third-order valence-electron chi connectivity index (χ3n) is 3.71. The molecule has 1 fully saturated rings. The van der Waals surface area contributed by atoms with Crippen LogP contribution in [-0.2, 0) is 4.79 Å². The molecule has 2 rings (SSSR count). The molecular formula is C13H21NO2. The van der Waals surface area contributed by atoms with Gasteiger partial charge in [0.15, 0.2) is 0 Å². The van der Waals surface area contributed by atoms with Gasteiger partial charge in [0, 0.05) is 25.1 Å². The second kappa shape index (κ2) is 5.48. The zero-order valence-corrected chi connectivity index (χ0v) is 9.77. The average Bonchev–Trinajstić information content (AvgIpc) is 2.73. The summed E-state index contributed by atoms with van der Waals surface area (Å²) in [5.41, 5.74) is 0. The van der Waals surface area contributed by atoms with Gasteiger partial charge < -0.3 is 10.0 Å². The summed E-state index contributed by atoms with van der Waals surface area (Å²) < 4.78 is 0. The second-order valence-electron chi connectivity index (χ2n) is 4.83. The van der Waals surface area contributed by atoms with Crippen molar-refractivity contribution in [3.63, 3.8) is 0 Å². The monoisotopic (exact) mass is 223 g/mol. The molecule has 0 spiro atoms. The number of carbonyl (C=O) groups is 1. The Hall–Kier alpha value is -0.830. The maximum Gasteiger partial charge on any atom is 0.226 e. The van der Waals surface area contributed by atoms with Crippen LogP contribution in [0.5, 0.6) is 0 Å². The number of hydrogen-bond donors (Lipinski definition) is 1. The van der Waals surface area contributed by atoms with Gasteiger partial charge in [-0.05, 0) is 38.5 Å². The second-order valence-corrected chi connectivity index (χ2v) is 4.83. The molecule has 0 atom stereocenters. The van der Waals surface area contributed by atoms with E-state index < -0.39 is 0 Å². The van der Waals surface area contributed by atoms with Crippen molar-refractivity contribution in [2.45, 2.75) is 44.6 Å². The zero-order valence-electron chi connectivity index (χ0n) is 9.77. The van der Waals surface area contributed by atoms with E-state index in [1.165, 1.54) is 6.42 Å². The fourth-order valence-electron chi connectivity index (χ4n) is 2.47. The van der Waals surface area contributed by atoms with E-state index >= 15 is 0 Å². The lowest BCUT2D eigenvalue weighted by Crippen LogP contribution is -2.47. The molecule has 0 radical (unpaired) electrons. The highest BCUT2D eigenvalue weighted by Crippen LogP contribution is 2.29. The summed E-state index contributed by atoms with van der Waals surface area (Å²) in [6, 6.07) is 0.458. The van der Waals surface area contributed by atoms with Gasteiger partial charge in [-0.25, -0.2) is 0 Å². The van der Waals surface area contributed by atoms with Crippen molar-refractivity contribution in [1.29, 1.82) is 0 Å². The maximum absolute atomic E-state index is 12.3. The first-order valence-corrected chi connectivity index (χ1v) is 6.39. The van der Waals surface area contributed by atoms with Gasteiger partial charge in [0.05, 0.1) is 0 Å². The molecule has 0 unspecified atom stereocenters. The van der Waals surface area contributed by atoms with Gasteiger partial charge in [0.25, 0.3) is 0 Å². The van der Waals surface area contributed by atoms with Crippen molar-refractivity contribution in [1.82, 2.24) is 4.90 Å². The third kappa shape index (κ3) is 2.46. The van der Waals surface area contributed by atoms with Gasteiger partial charge in [-0.1, -0.05) is 12.2 Å². The molecule has 0 aromatic carbocycles. The number of nitrogens with zero attached hydrogens (tertiary/aromatic N) is 1. The number of aliphatic hydroxyl groups excluding tert-OH is 1. The highest BCUT2D eigenvalue weighted by molar-refractivity contribution is 5.80. The molecule has 0 heterocycles. The van der Waals surface area contributed by atoms with E-state index in [9.17, 15) is 4.79 Å². The van der Waals surface area contributed by atoms with Crippen LogP contribution in [0.15, 0.2) is 12.2 Å². The summed E-state index contributed by atoms with van der Waals surface area (Å²) in [5, 5.41) is 8.88. The molecule has 3 heteroatoms. The maximum atomic E-state index is 12.3. The molecule has 1 N–H and O–H groups in total. The molecule has 0 aliphatic heterocycles. The minimum atomic E-state index is 0.180. The Morgan fingerprint density at radius 1 is 1.31 bits per heavy atom. The van der Waals surface area contributed by atoms with Crippen LogP contribution in [0, 0.1) is 5.92 Å². The quantitative estimate of drug-likeness (QED) is 0.721. The van der Waals surface area contributed by atoms with Gasteiger partial charge in [0.2, 0.25) is 5.91 Å². The van der Waals surface area contributed by atoms with E-state index in [2.05, 4.69) is 12.2 Å². The molecule has 2 aliphatic carbocycles. The Balaban J connectivity index is 1.90. The topological polar surface area (TPSA) is 40.5 Å².